The molecule has 2 aliphatic heterocycles. The summed E-state index contributed by atoms with van der Waals surface area (Å²) in [5.74, 6) is 0.0181. The molecule has 2 atom stereocenters. The molecule has 1 aromatic rings. The number of aryl methyl sites for hydroxylation is 1. The first-order valence-electron chi connectivity index (χ1n) is 6.69. The average Bonchev–Trinajstić information content (AvgIpc) is 2.64. The van der Waals surface area contributed by atoms with Crippen molar-refractivity contribution in [1.29, 1.82) is 0 Å². The molecule has 0 aromatic carbocycles. The summed E-state index contributed by atoms with van der Waals surface area (Å²) in [6, 6.07) is 3.85. The Hall–Kier alpha value is -1.10. The van der Waals surface area contributed by atoms with Gasteiger partial charge in [0, 0.05) is 41.8 Å². The molecule has 2 aliphatic rings. The van der Waals surface area contributed by atoms with Crippen molar-refractivity contribution >= 4 is 21.8 Å². The van der Waals surface area contributed by atoms with Crippen LogP contribution >= 0.6 is 15.9 Å². The summed E-state index contributed by atoms with van der Waals surface area (Å²) in [6.07, 6.45) is 5.88. The number of carbonyl (C=O) groups is 1. The minimum atomic E-state index is -0.131. The number of amides is 1. The number of aromatic nitrogens is 1. The van der Waals surface area contributed by atoms with Crippen molar-refractivity contribution in [3.8, 4) is 0 Å². The SMILES string of the molecule is Cn1ccc(C(=O)N2C3CCC2CC(Br)C3)cc1=O. The van der Waals surface area contributed by atoms with Gasteiger partial charge in [-0.3, -0.25) is 9.59 Å². The second kappa shape index (κ2) is 4.78. The van der Waals surface area contributed by atoms with E-state index < -0.39 is 0 Å². The molecule has 0 aliphatic carbocycles. The van der Waals surface area contributed by atoms with Gasteiger partial charge in [0.2, 0.25) is 0 Å². The lowest BCUT2D eigenvalue weighted by Gasteiger charge is -2.37. The van der Waals surface area contributed by atoms with E-state index in [1.165, 1.54) is 10.6 Å². The zero-order valence-corrected chi connectivity index (χ0v) is 12.5. The van der Waals surface area contributed by atoms with E-state index in [-0.39, 0.29) is 11.5 Å². The minimum absolute atomic E-state index is 0.0181. The highest BCUT2D eigenvalue weighted by molar-refractivity contribution is 9.09. The Morgan fingerprint density at radius 2 is 1.95 bits per heavy atom. The number of alkyl halides is 1. The van der Waals surface area contributed by atoms with Crippen molar-refractivity contribution in [3.63, 3.8) is 0 Å². The molecule has 0 saturated carbocycles. The largest absolute Gasteiger partial charge is 0.333 e. The summed E-state index contributed by atoms with van der Waals surface area (Å²) in [6.45, 7) is 0. The fourth-order valence-electron chi connectivity index (χ4n) is 3.27. The number of rotatable bonds is 1. The smallest absolute Gasteiger partial charge is 0.254 e. The van der Waals surface area contributed by atoms with Crippen LogP contribution in [0.4, 0.5) is 0 Å². The van der Waals surface area contributed by atoms with E-state index in [2.05, 4.69) is 15.9 Å². The normalized spacial score (nSPS) is 29.6. The third-order valence-corrected chi connectivity index (χ3v) is 5.01. The molecule has 2 bridgehead atoms. The topological polar surface area (TPSA) is 42.3 Å². The molecular weight excluding hydrogens is 308 g/mol. The third-order valence-electron chi connectivity index (χ3n) is 4.26. The van der Waals surface area contributed by atoms with Crippen molar-refractivity contribution in [2.75, 3.05) is 0 Å². The van der Waals surface area contributed by atoms with Crippen LogP contribution < -0.4 is 5.56 Å². The minimum Gasteiger partial charge on any atom is -0.333 e. The summed E-state index contributed by atoms with van der Waals surface area (Å²) >= 11 is 3.67. The van der Waals surface area contributed by atoms with Crippen LogP contribution in [-0.4, -0.2) is 32.3 Å². The molecule has 1 amide bonds. The van der Waals surface area contributed by atoms with E-state index in [0.717, 1.165) is 25.7 Å². The molecule has 102 valence electrons. The maximum Gasteiger partial charge on any atom is 0.254 e. The predicted molar refractivity (Wildman–Crippen MR) is 76.6 cm³/mol. The zero-order valence-electron chi connectivity index (χ0n) is 10.9. The van der Waals surface area contributed by atoms with Crippen LogP contribution in [-0.2, 0) is 7.05 Å². The van der Waals surface area contributed by atoms with Gasteiger partial charge < -0.3 is 9.47 Å². The van der Waals surface area contributed by atoms with Crippen LogP contribution in [0.1, 0.15) is 36.0 Å². The molecule has 0 radical (unpaired) electrons. The van der Waals surface area contributed by atoms with Gasteiger partial charge in [-0.2, -0.15) is 0 Å². The number of pyridine rings is 1. The monoisotopic (exact) mass is 324 g/mol. The molecule has 5 heteroatoms. The fraction of sp³-hybridized carbons (Fsp3) is 0.571. The van der Waals surface area contributed by atoms with Crippen LogP contribution in [0, 0.1) is 0 Å². The standard InChI is InChI=1S/C14H17BrN2O2/c1-16-5-4-9(6-13(16)18)14(19)17-11-2-3-12(17)8-10(15)7-11/h4-6,10-12H,2-3,7-8H2,1H3. The van der Waals surface area contributed by atoms with E-state index in [4.69, 9.17) is 0 Å². The molecule has 1 aromatic heterocycles. The summed E-state index contributed by atoms with van der Waals surface area (Å²) in [5.41, 5.74) is 0.390. The Balaban J connectivity index is 1.88. The van der Waals surface area contributed by atoms with E-state index in [1.54, 1.807) is 19.3 Å². The molecule has 2 saturated heterocycles. The predicted octanol–water partition coefficient (Wildman–Crippen LogP) is 1.92. The highest BCUT2D eigenvalue weighted by Gasteiger charge is 2.42. The lowest BCUT2D eigenvalue weighted by Crippen LogP contribution is -2.47. The number of carbonyl (C=O) groups excluding carboxylic acids is 1. The first kappa shape index (κ1) is 12.9. The quantitative estimate of drug-likeness (QED) is 0.741. The highest BCUT2D eigenvalue weighted by Crippen LogP contribution is 2.39. The van der Waals surface area contributed by atoms with Gasteiger partial charge in [-0.15, -0.1) is 0 Å². The summed E-state index contributed by atoms with van der Waals surface area (Å²) < 4.78 is 1.48. The number of piperidine rings is 1. The van der Waals surface area contributed by atoms with Crippen LogP contribution in [0.2, 0.25) is 0 Å². The summed E-state index contributed by atoms with van der Waals surface area (Å²) in [4.78, 5) is 26.8. The zero-order chi connectivity index (χ0) is 13.6. The molecular formula is C14H17BrN2O2. The van der Waals surface area contributed by atoms with E-state index in [9.17, 15) is 9.59 Å². The lowest BCUT2D eigenvalue weighted by molar-refractivity contribution is 0.0603. The van der Waals surface area contributed by atoms with Crippen LogP contribution in [0.3, 0.4) is 0 Å². The number of nitrogens with zero attached hydrogens (tertiary/aromatic N) is 2. The number of hydrogen-bond acceptors (Lipinski definition) is 2. The third kappa shape index (κ3) is 2.24. The second-order valence-electron chi connectivity index (χ2n) is 5.53. The van der Waals surface area contributed by atoms with Crippen molar-refractivity contribution in [2.24, 2.45) is 7.05 Å². The fourth-order valence-corrected chi connectivity index (χ4v) is 4.14. The van der Waals surface area contributed by atoms with Gasteiger partial charge in [0.25, 0.3) is 11.5 Å². The molecule has 4 nitrogen and oxygen atoms in total. The molecule has 2 fully saturated rings. The van der Waals surface area contributed by atoms with Gasteiger partial charge in [0.1, 0.15) is 0 Å². The summed E-state index contributed by atoms with van der Waals surface area (Å²) in [7, 11) is 1.69. The Morgan fingerprint density at radius 3 is 2.53 bits per heavy atom. The Bertz CT molecular complexity index is 555. The Labute approximate surface area is 120 Å². The average molecular weight is 325 g/mol. The van der Waals surface area contributed by atoms with Crippen molar-refractivity contribution in [2.45, 2.75) is 42.6 Å². The van der Waals surface area contributed by atoms with Crippen LogP contribution in [0.25, 0.3) is 0 Å². The Kier molecular flexibility index (Phi) is 3.25. The van der Waals surface area contributed by atoms with Crippen molar-refractivity contribution in [1.82, 2.24) is 9.47 Å². The molecule has 3 heterocycles. The number of fused-ring (bicyclic) bond motifs is 2. The van der Waals surface area contributed by atoms with Crippen LogP contribution in [0.15, 0.2) is 23.1 Å². The van der Waals surface area contributed by atoms with Crippen molar-refractivity contribution < 1.29 is 4.79 Å². The summed E-state index contributed by atoms with van der Waals surface area (Å²) in [5, 5.41) is 0. The van der Waals surface area contributed by atoms with E-state index in [1.807, 2.05) is 4.90 Å². The van der Waals surface area contributed by atoms with Gasteiger partial charge in [-0.1, -0.05) is 15.9 Å². The van der Waals surface area contributed by atoms with Crippen molar-refractivity contribution in [3.05, 3.63) is 34.2 Å². The molecule has 0 N–H and O–H groups in total. The van der Waals surface area contributed by atoms with E-state index in [0.29, 0.717) is 22.5 Å². The molecule has 3 rings (SSSR count). The van der Waals surface area contributed by atoms with Gasteiger partial charge in [0.05, 0.1) is 0 Å². The molecule has 19 heavy (non-hydrogen) atoms. The lowest BCUT2D eigenvalue weighted by atomic mass is 10.0. The van der Waals surface area contributed by atoms with Gasteiger partial charge in [0.15, 0.2) is 0 Å². The highest BCUT2D eigenvalue weighted by atomic mass is 79.9. The maximum atomic E-state index is 12.6. The van der Waals surface area contributed by atoms with Gasteiger partial charge in [-0.05, 0) is 31.7 Å². The molecule has 0 spiro atoms. The van der Waals surface area contributed by atoms with E-state index >= 15 is 0 Å². The maximum absolute atomic E-state index is 12.6. The number of hydrogen-bond donors (Lipinski definition) is 0. The first-order chi connectivity index (χ1) is 9.06. The van der Waals surface area contributed by atoms with Gasteiger partial charge in [-0.25, -0.2) is 0 Å². The Morgan fingerprint density at radius 1 is 1.32 bits per heavy atom. The van der Waals surface area contributed by atoms with Gasteiger partial charge >= 0.3 is 0 Å². The first-order valence-corrected chi connectivity index (χ1v) is 7.61. The number of halogens is 1. The second-order valence-corrected chi connectivity index (χ2v) is 6.83. The van der Waals surface area contributed by atoms with Crippen LogP contribution in [0.5, 0.6) is 0 Å². The molecule has 2 unspecified atom stereocenters.